The van der Waals surface area contributed by atoms with Gasteiger partial charge in [0, 0.05) is 12.1 Å². The molecular formula is C17H26N2O2. The van der Waals surface area contributed by atoms with Crippen LogP contribution in [0.4, 0.5) is 0 Å². The van der Waals surface area contributed by atoms with Gasteiger partial charge in [-0.25, -0.2) is 0 Å². The first-order valence-electron chi connectivity index (χ1n) is 8.34. The van der Waals surface area contributed by atoms with E-state index in [1.54, 1.807) is 6.26 Å². The van der Waals surface area contributed by atoms with E-state index in [9.17, 15) is 4.79 Å². The Morgan fingerprint density at radius 1 is 1.19 bits per heavy atom. The molecule has 0 bridgehead atoms. The molecule has 2 aliphatic rings. The van der Waals surface area contributed by atoms with Crippen molar-refractivity contribution in [1.29, 1.82) is 0 Å². The SMILES string of the molecule is NC1CCCCC1C(=O)N(Cc1ccco1)C1CCCC1. The van der Waals surface area contributed by atoms with Gasteiger partial charge in [-0.2, -0.15) is 0 Å². The summed E-state index contributed by atoms with van der Waals surface area (Å²) in [6, 6.07) is 4.25. The number of nitrogens with two attached hydrogens (primary N) is 1. The first-order valence-corrected chi connectivity index (χ1v) is 8.34. The molecule has 2 unspecified atom stereocenters. The van der Waals surface area contributed by atoms with Crippen LogP contribution in [0.3, 0.4) is 0 Å². The van der Waals surface area contributed by atoms with Crippen molar-refractivity contribution >= 4 is 5.91 Å². The van der Waals surface area contributed by atoms with E-state index in [1.807, 2.05) is 12.1 Å². The van der Waals surface area contributed by atoms with E-state index in [2.05, 4.69) is 4.90 Å². The second-order valence-corrected chi connectivity index (χ2v) is 6.54. The number of nitrogens with zero attached hydrogens (tertiary/aromatic N) is 1. The largest absolute Gasteiger partial charge is 0.467 e. The minimum atomic E-state index is 0.00862. The molecule has 2 atom stereocenters. The summed E-state index contributed by atoms with van der Waals surface area (Å²) in [5, 5.41) is 0. The summed E-state index contributed by atoms with van der Waals surface area (Å²) in [6.45, 7) is 0.597. The number of hydrogen-bond acceptors (Lipinski definition) is 3. The highest BCUT2D eigenvalue weighted by Crippen LogP contribution is 2.30. The molecule has 2 N–H and O–H groups in total. The number of hydrogen-bond donors (Lipinski definition) is 1. The molecule has 21 heavy (non-hydrogen) atoms. The van der Waals surface area contributed by atoms with Crippen LogP contribution in [-0.4, -0.2) is 22.9 Å². The highest BCUT2D eigenvalue weighted by molar-refractivity contribution is 5.80. The lowest BCUT2D eigenvalue weighted by atomic mass is 9.83. The van der Waals surface area contributed by atoms with Crippen LogP contribution in [-0.2, 0) is 11.3 Å². The first kappa shape index (κ1) is 14.6. The lowest BCUT2D eigenvalue weighted by Crippen LogP contribution is -2.48. The zero-order chi connectivity index (χ0) is 14.7. The summed E-state index contributed by atoms with van der Waals surface area (Å²) in [5.74, 6) is 1.14. The van der Waals surface area contributed by atoms with Crippen LogP contribution in [0.25, 0.3) is 0 Å². The maximum absolute atomic E-state index is 13.0. The lowest BCUT2D eigenvalue weighted by molar-refractivity contribution is -0.140. The molecule has 2 saturated carbocycles. The van der Waals surface area contributed by atoms with Crippen molar-refractivity contribution in [3.05, 3.63) is 24.2 Å². The summed E-state index contributed by atoms with van der Waals surface area (Å²) in [5.41, 5.74) is 6.22. The molecule has 116 valence electrons. The summed E-state index contributed by atoms with van der Waals surface area (Å²) in [6.07, 6.45) is 10.6. The molecule has 0 aromatic carbocycles. The average molecular weight is 290 g/mol. The predicted octanol–water partition coefficient (Wildman–Crippen LogP) is 3.07. The fraction of sp³-hybridized carbons (Fsp3) is 0.706. The number of amides is 1. The molecule has 0 saturated heterocycles. The zero-order valence-electron chi connectivity index (χ0n) is 12.7. The quantitative estimate of drug-likeness (QED) is 0.927. The topological polar surface area (TPSA) is 59.5 Å². The second kappa shape index (κ2) is 6.65. The number of carbonyl (C=O) groups excluding carboxylic acids is 1. The van der Waals surface area contributed by atoms with Gasteiger partial charge in [0.1, 0.15) is 5.76 Å². The normalized spacial score (nSPS) is 26.9. The van der Waals surface area contributed by atoms with Gasteiger partial charge in [-0.05, 0) is 37.8 Å². The maximum Gasteiger partial charge on any atom is 0.227 e. The van der Waals surface area contributed by atoms with E-state index in [-0.39, 0.29) is 17.9 Å². The predicted molar refractivity (Wildman–Crippen MR) is 81.4 cm³/mol. The smallest absolute Gasteiger partial charge is 0.227 e. The fourth-order valence-corrected chi connectivity index (χ4v) is 3.85. The summed E-state index contributed by atoms with van der Waals surface area (Å²) < 4.78 is 5.46. The van der Waals surface area contributed by atoms with Crippen molar-refractivity contribution < 1.29 is 9.21 Å². The van der Waals surface area contributed by atoms with E-state index >= 15 is 0 Å². The lowest BCUT2D eigenvalue weighted by Gasteiger charge is -2.35. The van der Waals surface area contributed by atoms with Crippen molar-refractivity contribution in [3.8, 4) is 0 Å². The van der Waals surface area contributed by atoms with Gasteiger partial charge >= 0.3 is 0 Å². The molecule has 3 rings (SSSR count). The molecule has 1 aromatic rings. The Labute approximate surface area is 126 Å². The first-order chi connectivity index (χ1) is 10.3. The van der Waals surface area contributed by atoms with Crippen LogP contribution in [0.1, 0.15) is 57.1 Å². The zero-order valence-corrected chi connectivity index (χ0v) is 12.7. The number of carbonyl (C=O) groups is 1. The van der Waals surface area contributed by atoms with Crippen molar-refractivity contribution in [3.63, 3.8) is 0 Å². The van der Waals surface area contributed by atoms with Crippen LogP contribution in [0.15, 0.2) is 22.8 Å². The molecule has 1 amide bonds. The summed E-state index contributed by atoms with van der Waals surface area (Å²) in [4.78, 5) is 15.1. The van der Waals surface area contributed by atoms with Gasteiger partial charge in [0.15, 0.2) is 0 Å². The Hall–Kier alpha value is -1.29. The minimum absolute atomic E-state index is 0.00862. The third-order valence-corrected chi connectivity index (χ3v) is 5.09. The average Bonchev–Trinajstić information content (AvgIpc) is 3.18. The van der Waals surface area contributed by atoms with E-state index in [1.165, 1.54) is 12.8 Å². The van der Waals surface area contributed by atoms with Crippen LogP contribution in [0, 0.1) is 5.92 Å². The molecule has 4 nitrogen and oxygen atoms in total. The molecule has 0 radical (unpaired) electrons. The van der Waals surface area contributed by atoms with Gasteiger partial charge in [0.2, 0.25) is 5.91 Å². The number of rotatable bonds is 4. The minimum Gasteiger partial charge on any atom is -0.467 e. The van der Waals surface area contributed by atoms with E-state index in [4.69, 9.17) is 10.2 Å². The molecule has 0 spiro atoms. The molecule has 2 fully saturated rings. The van der Waals surface area contributed by atoms with E-state index in [0.29, 0.717) is 12.6 Å². The molecule has 1 aromatic heterocycles. The van der Waals surface area contributed by atoms with E-state index in [0.717, 1.165) is 44.3 Å². The molecule has 1 heterocycles. The van der Waals surface area contributed by atoms with Crippen LogP contribution in [0.2, 0.25) is 0 Å². The Kier molecular flexibility index (Phi) is 4.63. The molecule has 0 aliphatic heterocycles. The Balaban J connectivity index is 1.75. The third kappa shape index (κ3) is 3.31. The third-order valence-electron chi connectivity index (χ3n) is 5.09. The monoisotopic (exact) mass is 290 g/mol. The Morgan fingerprint density at radius 2 is 1.90 bits per heavy atom. The van der Waals surface area contributed by atoms with Gasteiger partial charge in [-0.1, -0.05) is 25.7 Å². The number of furan rings is 1. The Morgan fingerprint density at radius 3 is 2.57 bits per heavy atom. The van der Waals surface area contributed by atoms with Crippen LogP contribution < -0.4 is 5.73 Å². The van der Waals surface area contributed by atoms with Crippen molar-refractivity contribution in [2.45, 2.75) is 70.0 Å². The highest BCUT2D eigenvalue weighted by atomic mass is 16.3. The van der Waals surface area contributed by atoms with Crippen LogP contribution >= 0.6 is 0 Å². The van der Waals surface area contributed by atoms with Crippen molar-refractivity contribution in [2.24, 2.45) is 11.7 Å². The van der Waals surface area contributed by atoms with Gasteiger partial charge in [-0.3, -0.25) is 4.79 Å². The van der Waals surface area contributed by atoms with Crippen molar-refractivity contribution in [1.82, 2.24) is 4.90 Å². The maximum atomic E-state index is 13.0. The van der Waals surface area contributed by atoms with Gasteiger partial charge in [-0.15, -0.1) is 0 Å². The van der Waals surface area contributed by atoms with E-state index < -0.39 is 0 Å². The Bertz CT molecular complexity index is 451. The molecule has 4 heteroatoms. The standard InChI is InChI=1S/C17H26N2O2/c18-16-10-4-3-9-15(16)17(20)19(13-6-1-2-7-13)12-14-8-5-11-21-14/h5,8,11,13,15-16H,1-4,6-7,9-10,12,18H2. The van der Waals surface area contributed by atoms with Gasteiger partial charge < -0.3 is 15.1 Å². The van der Waals surface area contributed by atoms with Gasteiger partial charge in [0.25, 0.3) is 0 Å². The summed E-state index contributed by atoms with van der Waals surface area (Å²) in [7, 11) is 0. The van der Waals surface area contributed by atoms with Crippen LogP contribution in [0.5, 0.6) is 0 Å². The highest BCUT2D eigenvalue weighted by Gasteiger charge is 2.35. The summed E-state index contributed by atoms with van der Waals surface area (Å²) >= 11 is 0. The molecular weight excluding hydrogens is 264 g/mol. The fourth-order valence-electron chi connectivity index (χ4n) is 3.85. The second-order valence-electron chi connectivity index (χ2n) is 6.54. The molecule has 2 aliphatic carbocycles. The van der Waals surface area contributed by atoms with Crippen molar-refractivity contribution in [2.75, 3.05) is 0 Å². The van der Waals surface area contributed by atoms with Gasteiger partial charge in [0.05, 0.1) is 18.7 Å².